The van der Waals surface area contributed by atoms with E-state index in [2.05, 4.69) is 37.1 Å². The van der Waals surface area contributed by atoms with Gasteiger partial charge < -0.3 is 14.7 Å². The van der Waals surface area contributed by atoms with Crippen LogP contribution in [0.4, 0.5) is 0 Å². The van der Waals surface area contributed by atoms with Crippen LogP contribution in [-0.4, -0.2) is 92.4 Å². The number of likely N-dealkylation sites (tertiary alicyclic amines) is 1. The van der Waals surface area contributed by atoms with E-state index < -0.39 is 10.0 Å². The number of aromatic nitrogens is 2. The maximum absolute atomic E-state index is 14.0. The standard InChI is InChI=1S/C39H45N5O3S/c1-27-7-14-34(15-8-27)48(46,47)44-26-37(29-9-11-31(12-10-29)39(45)43(6)22-21-41(3)4)36-24-33(25-40-38(36)44)32-13-16-35(28(2)23-32)30-17-19-42(5)20-18-30/h7-16,23-26,30H,17-22H2,1-6H3. The van der Waals surface area contributed by atoms with Gasteiger partial charge in [0.2, 0.25) is 0 Å². The first-order valence-electron chi connectivity index (χ1n) is 16.6. The number of rotatable bonds is 9. The van der Waals surface area contributed by atoms with Gasteiger partial charge >= 0.3 is 0 Å². The fraction of sp³-hybridized carbons (Fsp3) is 0.333. The second-order valence-corrected chi connectivity index (χ2v) is 15.3. The van der Waals surface area contributed by atoms with Crippen molar-refractivity contribution in [2.75, 3.05) is 54.4 Å². The van der Waals surface area contributed by atoms with Gasteiger partial charge in [-0.2, -0.15) is 0 Å². The zero-order chi connectivity index (χ0) is 34.2. The molecule has 0 radical (unpaired) electrons. The normalized spacial score (nSPS) is 14.6. The van der Waals surface area contributed by atoms with Crippen molar-refractivity contribution in [1.29, 1.82) is 0 Å². The zero-order valence-corrected chi connectivity index (χ0v) is 29.6. The molecule has 1 saturated heterocycles. The molecule has 48 heavy (non-hydrogen) atoms. The van der Waals surface area contributed by atoms with Crippen molar-refractivity contribution in [3.8, 4) is 22.3 Å². The van der Waals surface area contributed by atoms with Crippen molar-refractivity contribution in [2.24, 2.45) is 0 Å². The van der Waals surface area contributed by atoms with Gasteiger partial charge in [-0.15, -0.1) is 0 Å². The number of carbonyl (C=O) groups excluding carboxylic acids is 1. The number of fused-ring (bicyclic) bond motifs is 1. The monoisotopic (exact) mass is 663 g/mol. The Balaban J connectivity index is 1.41. The van der Waals surface area contributed by atoms with Crippen molar-refractivity contribution < 1.29 is 13.2 Å². The Morgan fingerprint density at radius 3 is 2.17 bits per heavy atom. The van der Waals surface area contributed by atoms with Crippen molar-refractivity contribution >= 4 is 27.0 Å². The van der Waals surface area contributed by atoms with E-state index in [1.54, 1.807) is 48.6 Å². The molecule has 0 aliphatic carbocycles. The quantitative estimate of drug-likeness (QED) is 0.175. The van der Waals surface area contributed by atoms with Gasteiger partial charge in [-0.3, -0.25) is 4.79 Å². The fourth-order valence-corrected chi connectivity index (χ4v) is 7.90. The van der Waals surface area contributed by atoms with Gasteiger partial charge in [-0.05, 0) is 119 Å². The molecule has 1 aliphatic rings. The van der Waals surface area contributed by atoms with Crippen LogP contribution in [0.3, 0.4) is 0 Å². The molecule has 0 spiro atoms. The predicted molar refractivity (Wildman–Crippen MR) is 194 cm³/mol. The van der Waals surface area contributed by atoms with Crippen LogP contribution in [0.5, 0.6) is 0 Å². The molecule has 5 aromatic rings. The summed E-state index contributed by atoms with van der Waals surface area (Å²) >= 11 is 0. The molecule has 0 saturated carbocycles. The molecule has 0 unspecified atom stereocenters. The summed E-state index contributed by atoms with van der Waals surface area (Å²) in [6.07, 6.45) is 5.74. The van der Waals surface area contributed by atoms with Crippen molar-refractivity contribution in [2.45, 2.75) is 37.5 Å². The summed E-state index contributed by atoms with van der Waals surface area (Å²) in [5.41, 5.74) is 8.08. The Kier molecular flexibility index (Phi) is 9.56. The number of hydrogen-bond acceptors (Lipinski definition) is 6. The number of amides is 1. The van der Waals surface area contributed by atoms with E-state index in [0.717, 1.165) is 65.7 Å². The molecule has 1 fully saturated rings. The topological polar surface area (TPSA) is 78.8 Å². The smallest absolute Gasteiger partial charge is 0.269 e. The SMILES string of the molecule is Cc1ccc(S(=O)(=O)n2cc(-c3ccc(C(=O)N(C)CCN(C)C)cc3)c3cc(-c4ccc(C5CCN(C)CC5)c(C)c4)cnc32)cc1. The van der Waals surface area contributed by atoms with E-state index in [4.69, 9.17) is 4.98 Å². The zero-order valence-electron chi connectivity index (χ0n) is 28.8. The first-order chi connectivity index (χ1) is 22.9. The highest BCUT2D eigenvalue weighted by Crippen LogP contribution is 2.37. The second kappa shape index (κ2) is 13.7. The third-order valence-electron chi connectivity index (χ3n) is 9.62. The molecule has 9 heteroatoms. The van der Waals surface area contributed by atoms with E-state index in [0.29, 0.717) is 23.7 Å². The average Bonchev–Trinajstić information content (AvgIpc) is 3.47. The fourth-order valence-electron chi connectivity index (χ4n) is 6.57. The number of benzene rings is 3. The largest absolute Gasteiger partial charge is 0.340 e. The van der Waals surface area contributed by atoms with Gasteiger partial charge in [0.25, 0.3) is 15.9 Å². The van der Waals surface area contributed by atoms with Crippen LogP contribution in [0.25, 0.3) is 33.3 Å². The molecule has 3 aromatic carbocycles. The van der Waals surface area contributed by atoms with Crippen LogP contribution in [-0.2, 0) is 10.0 Å². The highest BCUT2D eigenvalue weighted by atomic mass is 32.2. The second-order valence-electron chi connectivity index (χ2n) is 13.5. The summed E-state index contributed by atoms with van der Waals surface area (Å²) in [6, 6.07) is 22.9. The van der Waals surface area contributed by atoms with Gasteiger partial charge in [0.1, 0.15) is 0 Å². The van der Waals surface area contributed by atoms with Crippen LogP contribution >= 0.6 is 0 Å². The highest BCUT2D eigenvalue weighted by Gasteiger charge is 2.24. The summed E-state index contributed by atoms with van der Waals surface area (Å²) in [7, 11) is 4.01. The first kappa shape index (κ1) is 33.6. The minimum atomic E-state index is -3.94. The molecule has 1 aliphatic heterocycles. The van der Waals surface area contributed by atoms with E-state index in [1.165, 1.54) is 15.1 Å². The molecule has 0 atom stereocenters. The molecule has 250 valence electrons. The molecule has 1 amide bonds. The summed E-state index contributed by atoms with van der Waals surface area (Å²) in [4.78, 5) is 24.2. The number of hydrogen-bond donors (Lipinski definition) is 0. The van der Waals surface area contributed by atoms with Gasteiger partial charge in [-0.25, -0.2) is 17.4 Å². The lowest BCUT2D eigenvalue weighted by molar-refractivity contribution is 0.0786. The molecule has 2 aromatic heterocycles. The number of aryl methyl sites for hydroxylation is 2. The number of nitrogens with zero attached hydrogens (tertiary/aromatic N) is 5. The highest BCUT2D eigenvalue weighted by molar-refractivity contribution is 7.90. The Morgan fingerprint density at radius 1 is 0.854 bits per heavy atom. The molecule has 0 N–H and O–H groups in total. The molecule has 8 nitrogen and oxygen atoms in total. The Bertz CT molecular complexity index is 2040. The van der Waals surface area contributed by atoms with Crippen molar-refractivity contribution in [3.63, 3.8) is 0 Å². The van der Waals surface area contributed by atoms with Crippen LogP contribution < -0.4 is 0 Å². The average molecular weight is 664 g/mol. The summed E-state index contributed by atoms with van der Waals surface area (Å²) in [6.45, 7) is 7.72. The molecular weight excluding hydrogens is 619 g/mol. The Morgan fingerprint density at radius 2 is 1.52 bits per heavy atom. The summed E-state index contributed by atoms with van der Waals surface area (Å²) in [5.74, 6) is 0.502. The maximum atomic E-state index is 14.0. The van der Waals surface area contributed by atoms with Gasteiger partial charge in [0.15, 0.2) is 5.65 Å². The van der Waals surface area contributed by atoms with Crippen LogP contribution in [0, 0.1) is 13.8 Å². The third kappa shape index (κ3) is 6.81. The molecule has 3 heterocycles. The van der Waals surface area contributed by atoms with Crippen LogP contribution in [0.15, 0.2) is 90.1 Å². The van der Waals surface area contributed by atoms with Crippen molar-refractivity contribution in [1.82, 2.24) is 23.7 Å². The molecular formula is C39H45N5O3S. The van der Waals surface area contributed by atoms with E-state index in [1.807, 2.05) is 56.3 Å². The third-order valence-corrected chi connectivity index (χ3v) is 11.3. The minimum absolute atomic E-state index is 0.0595. The minimum Gasteiger partial charge on any atom is -0.340 e. The lowest BCUT2D eigenvalue weighted by Crippen LogP contribution is -2.33. The van der Waals surface area contributed by atoms with Gasteiger partial charge in [0.05, 0.1) is 4.90 Å². The van der Waals surface area contributed by atoms with Crippen LogP contribution in [0.1, 0.15) is 45.8 Å². The Hall–Kier alpha value is -4.31. The molecule has 6 rings (SSSR count). The maximum Gasteiger partial charge on any atom is 0.269 e. The first-order valence-corrected chi connectivity index (χ1v) is 18.0. The number of pyridine rings is 1. The number of likely N-dealkylation sites (N-methyl/N-ethyl adjacent to an activating group) is 2. The lowest BCUT2D eigenvalue weighted by atomic mass is 9.86. The van der Waals surface area contributed by atoms with Crippen LogP contribution in [0.2, 0.25) is 0 Å². The van der Waals surface area contributed by atoms with Gasteiger partial charge in [0, 0.05) is 54.6 Å². The van der Waals surface area contributed by atoms with E-state index in [9.17, 15) is 13.2 Å². The van der Waals surface area contributed by atoms with E-state index in [-0.39, 0.29) is 10.8 Å². The number of piperidine rings is 1. The lowest BCUT2D eigenvalue weighted by Gasteiger charge is -2.30. The number of carbonyl (C=O) groups is 1. The predicted octanol–water partition coefficient (Wildman–Crippen LogP) is 6.67. The van der Waals surface area contributed by atoms with E-state index >= 15 is 0 Å². The Labute approximate surface area is 284 Å². The summed E-state index contributed by atoms with van der Waals surface area (Å²) < 4.78 is 29.3. The van der Waals surface area contributed by atoms with Gasteiger partial charge in [-0.1, -0.05) is 48.0 Å². The van der Waals surface area contributed by atoms with Crippen molar-refractivity contribution in [3.05, 3.63) is 107 Å². The molecule has 0 bridgehead atoms. The summed E-state index contributed by atoms with van der Waals surface area (Å²) in [5, 5.41) is 0.724.